The third kappa shape index (κ3) is 2.47. The van der Waals surface area contributed by atoms with Gasteiger partial charge in [0, 0.05) is 5.56 Å². The summed E-state index contributed by atoms with van der Waals surface area (Å²) in [7, 11) is 0. The van der Waals surface area contributed by atoms with Gasteiger partial charge in [0.25, 0.3) is 0 Å². The van der Waals surface area contributed by atoms with E-state index < -0.39 is 28.4 Å². The molecule has 0 unspecified atom stereocenters. The van der Waals surface area contributed by atoms with E-state index in [-0.39, 0.29) is 5.56 Å². The highest BCUT2D eigenvalue weighted by Crippen LogP contribution is 2.37. The summed E-state index contributed by atoms with van der Waals surface area (Å²) in [5.41, 5.74) is -1.74. The predicted octanol–water partition coefficient (Wildman–Crippen LogP) is 3.70. The molecule has 1 nitrogen and oxygen atoms in total. The van der Waals surface area contributed by atoms with Gasteiger partial charge in [0.05, 0.1) is 5.02 Å². The maximum atomic E-state index is 13.0. The van der Waals surface area contributed by atoms with Gasteiger partial charge in [-0.25, -0.2) is 4.39 Å². The fourth-order valence-corrected chi connectivity index (χ4v) is 1.36. The van der Waals surface area contributed by atoms with Crippen molar-refractivity contribution in [3.8, 4) is 0 Å². The van der Waals surface area contributed by atoms with Gasteiger partial charge in [0.15, 0.2) is 5.78 Å². The van der Waals surface area contributed by atoms with Gasteiger partial charge >= 0.3 is 6.18 Å². The van der Waals surface area contributed by atoms with Crippen molar-refractivity contribution in [2.45, 2.75) is 13.1 Å². The molecule has 82 valence electrons. The molecule has 0 saturated carbocycles. The number of benzene rings is 1. The van der Waals surface area contributed by atoms with Crippen LogP contribution in [0, 0.1) is 5.82 Å². The highest BCUT2D eigenvalue weighted by Gasteiger charge is 2.37. The van der Waals surface area contributed by atoms with Crippen molar-refractivity contribution in [2.24, 2.45) is 0 Å². The Hall–Kier alpha value is -1.10. The van der Waals surface area contributed by atoms with Gasteiger partial charge < -0.3 is 0 Å². The van der Waals surface area contributed by atoms with Crippen LogP contribution in [0.4, 0.5) is 17.6 Å². The molecule has 6 heteroatoms. The Bertz CT molecular complexity index is 388. The first-order valence-corrected chi connectivity index (χ1v) is 4.18. The fraction of sp³-hybridized carbons (Fsp3) is 0.222. The van der Waals surface area contributed by atoms with Crippen LogP contribution < -0.4 is 0 Å². The zero-order valence-electron chi connectivity index (χ0n) is 7.45. The molecule has 0 atom stereocenters. The molecule has 0 N–H and O–H groups in total. The molecule has 0 aromatic heterocycles. The van der Waals surface area contributed by atoms with Gasteiger partial charge in [-0.2, -0.15) is 13.2 Å². The molecule has 0 bridgehead atoms. The molecule has 0 spiro atoms. The second-order valence-corrected chi connectivity index (χ2v) is 3.28. The number of halogens is 5. The Morgan fingerprint density at radius 2 is 1.87 bits per heavy atom. The van der Waals surface area contributed by atoms with Crippen molar-refractivity contribution in [1.29, 1.82) is 0 Å². The van der Waals surface area contributed by atoms with Gasteiger partial charge in [-0.05, 0) is 19.1 Å². The summed E-state index contributed by atoms with van der Waals surface area (Å²) < 4.78 is 49.7. The van der Waals surface area contributed by atoms with Gasteiger partial charge in [0.2, 0.25) is 0 Å². The van der Waals surface area contributed by atoms with E-state index in [2.05, 4.69) is 0 Å². The van der Waals surface area contributed by atoms with Gasteiger partial charge in [-0.15, -0.1) is 0 Å². The Kier molecular flexibility index (Phi) is 3.04. The molecular formula is C9H5ClF4O. The third-order valence-corrected chi connectivity index (χ3v) is 2.03. The molecule has 15 heavy (non-hydrogen) atoms. The van der Waals surface area contributed by atoms with E-state index in [1.54, 1.807) is 0 Å². The van der Waals surface area contributed by atoms with E-state index in [9.17, 15) is 22.4 Å². The number of alkyl halides is 3. The van der Waals surface area contributed by atoms with E-state index in [1.807, 2.05) is 0 Å². The molecule has 0 radical (unpaired) electrons. The molecule has 0 heterocycles. The van der Waals surface area contributed by atoms with Crippen molar-refractivity contribution in [3.05, 3.63) is 34.1 Å². The standard InChI is InChI=1S/C9H5ClF4O/c1-4(15)5-2-6(10)8(7(11)3-5)9(12,13)14/h2-3H,1H3. The van der Waals surface area contributed by atoms with Crippen LogP contribution in [0.25, 0.3) is 0 Å². The second kappa shape index (κ2) is 3.81. The van der Waals surface area contributed by atoms with Crippen LogP contribution in [0.3, 0.4) is 0 Å². The van der Waals surface area contributed by atoms with E-state index in [4.69, 9.17) is 11.6 Å². The first-order valence-electron chi connectivity index (χ1n) is 3.80. The lowest BCUT2D eigenvalue weighted by atomic mass is 10.1. The van der Waals surface area contributed by atoms with Crippen molar-refractivity contribution in [1.82, 2.24) is 0 Å². The quantitative estimate of drug-likeness (QED) is 0.540. The lowest BCUT2D eigenvalue weighted by Crippen LogP contribution is -2.10. The minimum absolute atomic E-state index is 0.189. The summed E-state index contributed by atoms with van der Waals surface area (Å²) in [5.74, 6) is -2.09. The average molecular weight is 241 g/mol. The number of rotatable bonds is 1. The van der Waals surface area contributed by atoms with E-state index in [0.717, 1.165) is 13.0 Å². The minimum Gasteiger partial charge on any atom is -0.295 e. The van der Waals surface area contributed by atoms with Crippen LogP contribution in [-0.4, -0.2) is 5.78 Å². The highest BCUT2D eigenvalue weighted by atomic mass is 35.5. The second-order valence-electron chi connectivity index (χ2n) is 2.87. The Morgan fingerprint density at radius 1 is 1.33 bits per heavy atom. The highest BCUT2D eigenvalue weighted by molar-refractivity contribution is 6.31. The SMILES string of the molecule is CC(=O)c1cc(F)c(C(F)(F)F)c(Cl)c1. The van der Waals surface area contributed by atoms with Crippen molar-refractivity contribution >= 4 is 17.4 Å². The van der Waals surface area contributed by atoms with Gasteiger partial charge in [0.1, 0.15) is 11.4 Å². The molecule has 1 rings (SSSR count). The topological polar surface area (TPSA) is 17.1 Å². The molecule has 0 aliphatic heterocycles. The zero-order chi connectivity index (χ0) is 11.8. The van der Waals surface area contributed by atoms with E-state index in [0.29, 0.717) is 6.07 Å². The molecule has 0 saturated heterocycles. The first-order chi connectivity index (χ1) is 6.73. The number of Topliss-reactive ketones (excluding diaryl/α,β-unsaturated/α-hetero) is 1. The summed E-state index contributed by atoms with van der Waals surface area (Å²) in [6, 6.07) is 1.33. The van der Waals surface area contributed by atoms with Crippen LogP contribution in [0.2, 0.25) is 5.02 Å². The normalized spacial score (nSPS) is 11.6. The number of hydrogen-bond donors (Lipinski definition) is 0. The molecular weight excluding hydrogens is 236 g/mol. The smallest absolute Gasteiger partial charge is 0.295 e. The van der Waals surface area contributed by atoms with Crippen LogP contribution in [-0.2, 0) is 6.18 Å². The monoisotopic (exact) mass is 240 g/mol. The van der Waals surface area contributed by atoms with Gasteiger partial charge in [-0.3, -0.25) is 4.79 Å². The summed E-state index contributed by atoms with van der Waals surface area (Å²) in [4.78, 5) is 10.8. The summed E-state index contributed by atoms with van der Waals surface area (Å²) in [6.07, 6.45) is -4.86. The minimum atomic E-state index is -4.86. The maximum absolute atomic E-state index is 13.0. The molecule has 0 fully saturated rings. The average Bonchev–Trinajstić information content (AvgIpc) is 1.99. The largest absolute Gasteiger partial charge is 0.420 e. The number of ketones is 1. The zero-order valence-corrected chi connectivity index (χ0v) is 8.21. The van der Waals surface area contributed by atoms with Crippen LogP contribution in [0.15, 0.2) is 12.1 Å². The summed E-state index contributed by atoms with van der Waals surface area (Å²) in [5, 5.41) is -0.812. The first kappa shape index (κ1) is 12.0. The molecule has 0 amide bonds. The Labute approximate surface area is 87.7 Å². The number of hydrogen-bond acceptors (Lipinski definition) is 1. The third-order valence-electron chi connectivity index (χ3n) is 1.73. The lowest BCUT2D eigenvalue weighted by Gasteiger charge is -2.10. The van der Waals surface area contributed by atoms with Crippen LogP contribution in [0.5, 0.6) is 0 Å². The van der Waals surface area contributed by atoms with E-state index in [1.165, 1.54) is 0 Å². The molecule has 1 aromatic rings. The van der Waals surface area contributed by atoms with Crippen LogP contribution in [0.1, 0.15) is 22.8 Å². The molecule has 0 aliphatic rings. The van der Waals surface area contributed by atoms with Crippen LogP contribution >= 0.6 is 11.6 Å². The fourth-order valence-electron chi connectivity index (χ4n) is 1.05. The van der Waals surface area contributed by atoms with Crippen molar-refractivity contribution < 1.29 is 22.4 Å². The lowest BCUT2D eigenvalue weighted by molar-refractivity contribution is -0.139. The molecule has 1 aromatic carbocycles. The van der Waals surface area contributed by atoms with E-state index >= 15 is 0 Å². The Balaban J connectivity index is 3.41. The molecule has 0 aliphatic carbocycles. The maximum Gasteiger partial charge on any atom is 0.420 e. The van der Waals surface area contributed by atoms with Crippen molar-refractivity contribution in [2.75, 3.05) is 0 Å². The number of carbonyl (C=O) groups is 1. The predicted molar refractivity (Wildman–Crippen MR) is 46.4 cm³/mol. The number of carbonyl (C=O) groups excluding carboxylic acids is 1. The summed E-state index contributed by atoms with van der Waals surface area (Å²) >= 11 is 5.25. The summed E-state index contributed by atoms with van der Waals surface area (Å²) in [6.45, 7) is 1.11. The van der Waals surface area contributed by atoms with Crippen molar-refractivity contribution in [3.63, 3.8) is 0 Å². The van der Waals surface area contributed by atoms with Gasteiger partial charge in [-0.1, -0.05) is 11.6 Å². The Morgan fingerprint density at radius 3 is 2.20 bits per heavy atom.